The van der Waals surface area contributed by atoms with Gasteiger partial charge in [-0.25, -0.2) is 0 Å². The molecule has 3 fully saturated rings. The average molecular weight is 349 g/mol. The zero-order chi connectivity index (χ0) is 16.6. The summed E-state index contributed by atoms with van der Waals surface area (Å²) in [4.78, 5) is 16.6. The molecular formula is C19H25ClN2O2. The van der Waals surface area contributed by atoms with Crippen molar-refractivity contribution in [2.75, 3.05) is 26.2 Å². The Bertz CT molecular complexity index is 623. The van der Waals surface area contributed by atoms with Crippen LogP contribution in [0.4, 0.5) is 0 Å². The molecule has 4 nitrogen and oxygen atoms in total. The minimum Gasteiger partial charge on any atom is -0.373 e. The molecule has 4 rings (SSSR count). The number of carbonyl (C=O) groups is 1. The normalized spacial score (nSPS) is 31.3. The van der Waals surface area contributed by atoms with Crippen LogP contribution in [0.25, 0.3) is 0 Å². The van der Waals surface area contributed by atoms with Crippen molar-refractivity contribution in [3.8, 4) is 0 Å². The van der Waals surface area contributed by atoms with Gasteiger partial charge in [0, 0.05) is 50.3 Å². The van der Waals surface area contributed by atoms with Gasteiger partial charge in [0.25, 0.3) is 0 Å². The molecule has 130 valence electrons. The number of halogens is 1. The lowest BCUT2D eigenvalue weighted by Gasteiger charge is -2.41. The fourth-order valence-electron chi connectivity index (χ4n) is 4.56. The van der Waals surface area contributed by atoms with Crippen molar-refractivity contribution >= 4 is 17.5 Å². The Balaban J connectivity index is 1.40. The van der Waals surface area contributed by atoms with Gasteiger partial charge in [-0.3, -0.25) is 9.69 Å². The first-order valence-electron chi connectivity index (χ1n) is 9.04. The standard InChI is InChI=1S/C19H25ClN2O2/c20-16-4-1-3-15(11-16)13-21-9-7-19(14-21)12-17(6-10-24-19)22-8-2-5-18(22)23/h1,3-4,11,17H,2,5-10,12-14H2/t17-,19-/m1/s1. The number of likely N-dealkylation sites (tertiary alicyclic amines) is 2. The Labute approximate surface area is 148 Å². The Kier molecular flexibility index (Phi) is 4.54. The molecule has 3 saturated heterocycles. The van der Waals surface area contributed by atoms with Crippen LogP contribution in [0.1, 0.15) is 37.7 Å². The molecule has 0 aliphatic carbocycles. The molecule has 1 aromatic rings. The number of hydrogen-bond acceptors (Lipinski definition) is 3. The smallest absolute Gasteiger partial charge is 0.222 e. The van der Waals surface area contributed by atoms with Crippen LogP contribution in [-0.4, -0.2) is 53.6 Å². The number of rotatable bonds is 3. The van der Waals surface area contributed by atoms with E-state index in [1.807, 2.05) is 18.2 Å². The van der Waals surface area contributed by atoms with E-state index in [4.69, 9.17) is 16.3 Å². The van der Waals surface area contributed by atoms with Crippen molar-refractivity contribution in [1.29, 1.82) is 0 Å². The van der Waals surface area contributed by atoms with Crippen LogP contribution in [-0.2, 0) is 16.1 Å². The van der Waals surface area contributed by atoms with Gasteiger partial charge in [-0.15, -0.1) is 0 Å². The molecule has 2 atom stereocenters. The zero-order valence-electron chi connectivity index (χ0n) is 14.0. The molecule has 3 heterocycles. The van der Waals surface area contributed by atoms with Gasteiger partial charge in [-0.1, -0.05) is 23.7 Å². The summed E-state index contributed by atoms with van der Waals surface area (Å²) in [5.74, 6) is 0.339. The van der Waals surface area contributed by atoms with Crippen LogP contribution in [0.15, 0.2) is 24.3 Å². The molecule has 3 aliphatic rings. The molecule has 0 radical (unpaired) electrons. The molecule has 24 heavy (non-hydrogen) atoms. The van der Waals surface area contributed by atoms with E-state index in [9.17, 15) is 4.79 Å². The van der Waals surface area contributed by atoms with Crippen LogP contribution in [0.5, 0.6) is 0 Å². The summed E-state index contributed by atoms with van der Waals surface area (Å²) in [6.45, 7) is 4.63. The largest absolute Gasteiger partial charge is 0.373 e. The van der Waals surface area contributed by atoms with Crippen LogP contribution >= 0.6 is 11.6 Å². The second-order valence-electron chi connectivity index (χ2n) is 7.46. The van der Waals surface area contributed by atoms with E-state index in [-0.39, 0.29) is 5.60 Å². The summed E-state index contributed by atoms with van der Waals surface area (Å²) >= 11 is 6.10. The SMILES string of the molecule is O=C1CCCN1[C@@H]1CCO[C@]2(CCN(Cc3cccc(Cl)c3)C2)C1. The van der Waals surface area contributed by atoms with Crippen molar-refractivity contribution in [3.63, 3.8) is 0 Å². The molecular weight excluding hydrogens is 324 g/mol. The summed E-state index contributed by atoms with van der Waals surface area (Å²) in [7, 11) is 0. The van der Waals surface area contributed by atoms with E-state index in [0.29, 0.717) is 11.9 Å². The summed E-state index contributed by atoms with van der Waals surface area (Å²) in [5, 5.41) is 0.794. The predicted octanol–water partition coefficient (Wildman–Crippen LogP) is 3.09. The van der Waals surface area contributed by atoms with E-state index in [1.54, 1.807) is 0 Å². The summed E-state index contributed by atoms with van der Waals surface area (Å²) in [5.41, 5.74) is 1.19. The minimum atomic E-state index is -0.0651. The zero-order valence-corrected chi connectivity index (χ0v) is 14.8. The number of carbonyl (C=O) groups excluding carboxylic acids is 1. The van der Waals surface area contributed by atoms with Crippen LogP contribution < -0.4 is 0 Å². The van der Waals surface area contributed by atoms with E-state index in [2.05, 4.69) is 15.9 Å². The van der Waals surface area contributed by atoms with Crippen molar-refractivity contribution in [2.45, 2.75) is 50.3 Å². The topological polar surface area (TPSA) is 32.8 Å². The van der Waals surface area contributed by atoms with Crippen LogP contribution in [0.3, 0.4) is 0 Å². The van der Waals surface area contributed by atoms with Gasteiger partial charge >= 0.3 is 0 Å². The van der Waals surface area contributed by atoms with Crippen LogP contribution in [0, 0.1) is 0 Å². The first kappa shape index (κ1) is 16.4. The molecule has 3 aliphatic heterocycles. The molecule has 1 aromatic carbocycles. The number of hydrogen-bond donors (Lipinski definition) is 0. The van der Waals surface area contributed by atoms with Gasteiger partial charge < -0.3 is 9.64 Å². The van der Waals surface area contributed by atoms with E-state index >= 15 is 0 Å². The predicted molar refractivity (Wildman–Crippen MR) is 94.0 cm³/mol. The van der Waals surface area contributed by atoms with E-state index in [1.165, 1.54) is 5.56 Å². The summed E-state index contributed by atoms with van der Waals surface area (Å²) < 4.78 is 6.24. The van der Waals surface area contributed by atoms with E-state index < -0.39 is 0 Å². The highest BCUT2D eigenvalue weighted by atomic mass is 35.5. The highest BCUT2D eigenvalue weighted by molar-refractivity contribution is 6.30. The minimum absolute atomic E-state index is 0.0651. The number of ether oxygens (including phenoxy) is 1. The van der Waals surface area contributed by atoms with Gasteiger partial charge in [0.05, 0.1) is 5.60 Å². The maximum Gasteiger partial charge on any atom is 0.222 e. The third-order valence-electron chi connectivity index (χ3n) is 5.71. The van der Waals surface area contributed by atoms with Crippen molar-refractivity contribution < 1.29 is 9.53 Å². The molecule has 0 unspecified atom stereocenters. The van der Waals surface area contributed by atoms with Gasteiger partial charge in [-0.05, 0) is 43.4 Å². The third kappa shape index (κ3) is 3.32. The third-order valence-corrected chi connectivity index (χ3v) is 5.94. The van der Waals surface area contributed by atoms with Gasteiger partial charge in [0.15, 0.2) is 0 Å². The Morgan fingerprint density at radius 2 is 2.25 bits per heavy atom. The van der Waals surface area contributed by atoms with Crippen molar-refractivity contribution in [3.05, 3.63) is 34.9 Å². The second kappa shape index (κ2) is 6.66. The summed E-state index contributed by atoms with van der Waals surface area (Å²) in [6.07, 6.45) is 4.79. The molecule has 0 aromatic heterocycles. The second-order valence-corrected chi connectivity index (χ2v) is 7.90. The molecule has 0 saturated carbocycles. The fourth-order valence-corrected chi connectivity index (χ4v) is 4.78. The van der Waals surface area contributed by atoms with Gasteiger partial charge in [0.1, 0.15) is 0 Å². The molecule has 5 heteroatoms. The molecule has 0 bridgehead atoms. The monoisotopic (exact) mass is 348 g/mol. The van der Waals surface area contributed by atoms with Crippen molar-refractivity contribution in [2.24, 2.45) is 0 Å². The van der Waals surface area contributed by atoms with Crippen LogP contribution in [0.2, 0.25) is 5.02 Å². The maximum absolute atomic E-state index is 12.1. The average Bonchev–Trinajstić information content (AvgIpc) is 3.14. The summed E-state index contributed by atoms with van der Waals surface area (Å²) in [6, 6.07) is 8.47. The van der Waals surface area contributed by atoms with Gasteiger partial charge in [0.2, 0.25) is 5.91 Å². The Hall–Kier alpha value is -1.10. The molecule has 1 spiro atoms. The van der Waals surface area contributed by atoms with Crippen molar-refractivity contribution in [1.82, 2.24) is 9.80 Å². The molecule has 1 amide bonds. The number of benzene rings is 1. The van der Waals surface area contributed by atoms with E-state index in [0.717, 1.165) is 69.9 Å². The lowest BCUT2D eigenvalue weighted by molar-refractivity contribution is -0.137. The fraction of sp³-hybridized carbons (Fsp3) is 0.632. The van der Waals surface area contributed by atoms with Gasteiger partial charge in [-0.2, -0.15) is 0 Å². The first-order valence-corrected chi connectivity index (χ1v) is 9.42. The Morgan fingerprint density at radius 3 is 3.04 bits per heavy atom. The number of amides is 1. The quantitative estimate of drug-likeness (QED) is 0.841. The highest BCUT2D eigenvalue weighted by Crippen LogP contribution is 2.37. The molecule has 0 N–H and O–H groups in total. The Morgan fingerprint density at radius 1 is 1.33 bits per heavy atom. The first-order chi connectivity index (χ1) is 11.6. The maximum atomic E-state index is 12.1. The highest BCUT2D eigenvalue weighted by Gasteiger charge is 2.45. The number of nitrogens with zero attached hydrogens (tertiary/aromatic N) is 2. The lowest BCUT2D eigenvalue weighted by atomic mass is 9.89. The lowest BCUT2D eigenvalue weighted by Crippen LogP contribution is -2.50.